The molecular weight excluding hydrogens is 446 g/mol. The number of rotatable bonds is 9. The number of pyridine rings is 1. The number of carbonyl (C=O) groups is 1. The molecule has 0 atom stereocenters. The summed E-state index contributed by atoms with van der Waals surface area (Å²) in [6.45, 7) is 0.931. The number of benzene rings is 2. The van der Waals surface area contributed by atoms with E-state index in [0.29, 0.717) is 30.3 Å². The molecule has 1 amide bonds. The second kappa shape index (κ2) is 11.4. The highest BCUT2D eigenvalue weighted by molar-refractivity contribution is 6.00. The van der Waals surface area contributed by atoms with Crippen LogP contribution in [0.2, 0.25) is 0 Å². The Labute approximate surface area is 212 Å². The molecule has 5 rings (SSSR count). The van der Waals surface area contributed by atoms with Gasteiger partial charge in [0.1, 0.15) is 5.82 Å². The maximum atomic E-state index is 13.3. The van der Waals surface area contributed by atoms with Crippen LogP contribution in [0.3, 0.4) is 0 Å². The molecule has 1 fully saturated rings. The molecule has 0 bridgehead atoms. The normalized spacial score (nSPS) is 14.1. The maximum Gasteiger partial charge on any atom is 0.255 e. The molecule has 4 aromatic rings. The van der Waals surface area contributed by atoms with E-state index >= 15 is 0 Å². The summed E-state index contributed by atoms with van der Waals surface area (Å²) in [5, 5.41) is 6.88. The molecule has 0 spiro atoms. The Morgan fingerprint density at radius 1 is 0.917 bits per heavy atom. The van der Waals surface area contributed by atoms with E-state index in [2.05, 4.69) is 39.3 Å². The molecule has 2 aromatic carbocycles. The van der Waals surface area contributed by atoms with E-state index < -0.39 is 0 Å². The van der Waals surface area contributed by atoms with Crippen LogP contribution >= 0.6 is 0 Å². The van der Waals surface area contributed by atoms with Gasteiger partial charge >= 0.3 is 0 Å². The number of nitrogens with zero attached hydrogens (tertiary/aromatic N) is 2. The molecule has 0 radical (unpaired) electrons. The molecule has 1 saturated carbocycles. The Hall–Kier alpha value is -3.64. The second-order valence-electron chi connectivity index (χ2n) is 9.69. The summed E-state index contributed by atoms with van der Waals surface area (Å²) in [5.41, 5.74) is 11.4. The zero-order valence-corrected chi connectivity index (χ0v) is 20.7. The topological polar surface area (TPSA) is 84.5 Å². The summed E-state index contributed by atoms with van der Waals surface area (Å²) in [7, 11) is 0. The average molecular weight is 482 g/mol. The lowest BCUT2D eigenvalue weighted by atomic mass is 9.95. The first-order valence-electron chi connectivity index (χ1n) is 13.1. The molecular formula is C30H35N5O. The van der Waals surface area contributed by atoms with E-state index in [1.54, 1.807) is 0 Å². The van der Waals surface area contributed by atoms with Crippen LogP contribution in [0.15, 0.2) is 72.9 Å². The number of aromatic nitrogens is 2. The molecule has 186 valence electrons. The highest BCUT2D eigenvalue weighted by Gasteiger charge is 2.21. The number of nitrogens with two attached hydrogens (primary N) is 1. The molecule has 36 heavy (non-hydrogen) atoms. The van der Waals surface area contributed by atoms with E-state index in [1.165, 1.54) is 37.7 Å². The molecule has 6 nitrogen and oxygen atoms in total. The molecule has 1 aliphatic rings. The predicted molar refractivity (Wildman–Crippen MR) is 145 cm³/mol. The van der Waals surface area contributed by atoms with Gasteiger partial charge in [-0.15, -0.1) is 0 Å². The Kier molecular flexibility index (Phi) is 7.62. The number of aryl methyl sites for hydroxylation is 2. The number of anilines is 1. The summed E-state index contributed by atoms with van der Waals surface area (Å²) in [6.07, 6.45) is 9.91. The third-order valence-electron chi connectivity index (χ3n) is 7.09. The van der Waals surface area contributed by atoms with E-state index in [9.17, 15) is 4.79 Å². The zero-order valence-electron chi connectivity index (χ0n) is 20.7. The van der Waals surface area contributed by atoms with Crippen LogP contribution in [-0.2, 0) is 25.9 Å². The second-order valence-corrected chi connectivity index (χ2v) is 9.69. The van der Waals surface area contributed by atoms with E-state index in [0.717, 1.165) is 35.5 Å². The van der Waals surface area contributed by atoms with Gasteiger partial charge in [-0.05, 0) is 54.5 Å². The van der Waals surface area contributed by atoms with Crippen molar-refractivity contribution in [3.63, 3.8) is 0 Å². The summed E-state index contributed by atoms with van der Waals surface area (Å²) < 4.78 is 2.07. The number of hydrogen-bond donors (Lipinski definition) is 3. The van der Waals surface area contributed by atoms with Crippen molar-refractivity contribution in [3.8, 4) is 0 Å². The van der Waals surface area contributed by atoms with Gasteiger partial charge in [0.25, 0.3) is 5.91 Å². The third-order valence-corrected chi connectivity index (χ3v) is 7.09. The number of hydrogen-bond acceptors (Lipinski definition) is 4. The van der Waals surface area contributed by atoms with Crippen molar-refractivity contribution in [2.75, 3.05) is 5.32 Å². The van der Waals surface area contributed by atoms with Gasteiger partial charge in [-0.1, -0.05) is 73.9 Å². The lowest BCUT2D eigenvalue weighted by Gasteiger charge is -2.24. The lowest BCUT2D eigenvalue weighted by Crippen LogP contribution is -2.24. The predicted octanol–water partition coefficient (Wildman–Crippen LogP) is 5.25. The van der Waals surface area contributed by atoms with Crippen molar-refractivity contribution >= 4 is 17.4 Å². The van der Waals surface area contributed by atoms with Gasteiger partial charge in [-0.3, -0.25) is 9.20 Å². The van der Waals surface area contributed by atoms with Gasteiger partial charge < -0.3 is 16.4 Å². The lowest BCUT2D eigenvalue weighted by molar-refractivity contribution is 0.0952. The average Bonchev–Trinajstić information content (AvgIpc) is 3.29. The smallest absolute Gasteiger partial charge is 0.255 e. The van der Waals surface area contributed by atoms with Gasteiger partial charge in [-0.25, -0.2) is 4.98 Å². The first-order valence-corrected chi connectivity index (χ1v) is 13.1. The SMILES string of the molecule is NCc1cccc(CNC(=O)c2cccn3c(NC4CCCCC4)c(CCc4ccccc4)nc23)c1. The monoisotopic (exact) mass is 481 g/mol. The maximum absolute atomic E-state index is 13.3. The fourth-order valence-electron chi connectivity index (χ4n) is 5.11. The summed E-state index contributed by atoms with van der Waals surface area (Å²) in [4.78, 5) is 18.3. The Morgan fingerprint density at radius 2 is 1.69 bits per heavy atom. The van der Waals surface area contributed by atoms with Gasteiger partial charge in [0.2, 0.25) is 0 Å². The molecule has 1 aliphatic carbocycles. The summed E-state index contributed by atoms with van der Waals surface area (Å²) >= 11 is 0. The third kappa shape index (κ3) is 5.60. The number of carbonyl (C=O) groups excluding carboxylic acids is 1. The van der Waals surface area contributed by atoms with Crippen LogP contribution in [-0.4, -0.2) is 21.3 Å². The quantitative estimate of drug-likeness (QED) is 0.305. The Morgan fingerprint density at radius 3 is 2.50 bits per heavy atom. The van der Waals surface area contributed by atoms with Crippen molar-refractivity contribution in [2.24, 2.45) is 5.73 Å². The first kappa shape index (κ1) is 24.1. The van der Waals surface area contributed by atoms with Crippen molar-refractivity contribution in [2.45, 2.75) is 64.1 Å². The number of amides is 1. The van der Waals surface area contributed by atoms with Crippen molar-refractivity contribution < 1.29 is 4.79 Å². The molecule has 4 N–H and O–H groups in total. The van der Waals surface area contributed by atoms with Gasteiger partial charge in [-0.2, -0.15) is 0 Å². The van der Waals surface area contributed by atoms with Crippen molar-refractivity contribution in [3.05, 3.63) is 101 Å². The standard InChI is InChI=1S/C30H35N5O/c31-20-23-11-7-12-24(19-23)21-32-30(36)26-15-8-18-35-28(26)34-27(17-16-22-9-3-1-4-10-22)29(35)33-25-13-5-2-6-14-25/h1,3-4,7-12,15,18-19,25,33H,2,5-6,13-14,16-17,20-21,31H2,(H,32,36). The highest BCUT2D eigenvalue weighted by atomic mass is 16.1. The Bertz CT molecular complexity index is 1310. The van der Waals surface area contributed by atoms with Crippen LogP contribution in [0.5, 0.6) is 0 Å². The summed E-state index contributed by atoms with van der Waals surface area (Å²) in [5.74, 6) is 0.903. The van der Waals surface area contributed by atoms with Crippen LogP contribution in [0.25, 0.3) is 5.65 Å². The van der Waals surface area contributed by atoms with E-state index in [4.69, 9.17) is 10.7 Å². The number of nitrogens with one attached hydrogen (secondary N) is 2. The molecule has 0 saturated heterocycles. The van der Waals surface area contributed by atoms with E-state index in [1.807, 2.05) is 48.7 Å². The molecule has 0 aliphatic heterocycles. The van der Waals surface area contributed by atoms with Crippen LogP contribution in [0.1, 0.15) is 64.8 Å². The minimum absolute atomic E-state index is 0.123. The number of fused-ring (bicyclic) bond motifs is 1. The van der Waals surface area contributed by atoms with Gasteiger partial charge in [0.05, 0.1) is 11.3 Å². The van der Waals surface area contributed by atoms with Crippen LogP contribution in [0.4, 0.5) is 5.82 Å². The zero-order chi connectivity index (χ0) is 24.7. The molecule has 2 heterocycles. The fourth-order valence-corrected chi connectivity index (χ4v) is 5.11. The van der Waals surface area contributed by atoms with Crippen molar-refractivity contribution in [1.82, 2.24) is 14.7 Å². The fraction of sp³-hybridized carbons (Fsp3) is 0.333. The van der Waals surface area contributed by atoms with Crippen LogP contribution in [0, 0.1) is 0 Å². The van der Waals surface area contributed by atoms with Crippen LogP contribution < -0.4 is 16.4 Å². The first-order chi connectivity index (χ1) is 17.7. The minimum Gasteiger partial charge on any atom is -0.367 e. The van der Waals surface area contributed by atoms with Gasteiger partial charge in [0.15, 0.2) is 5.65 Å². The van der Waals surface area contributed by atoms with Crippen molar-refractivity contribution in [1.29, 1.82) is 0 Å². The number of imidazole rings is 1. The molecule has 6 heteroatoms. The summed E-state index contributed by atoms with van der Waals surface area (Å²) in [6, 6.07) is 22.8. The molecule has 0 unspecified atom stereocenters. The van der Waals surface area contributed by atoms with E-state index in [-0.39, 0.29) is 5.91 Å². The minimum atomic E-state index is -0.123. The Balaban J connectivity index is 1.42. The largest absolute Gasteiger partial charge is 0.367 e. The highest BCUT2D eigenvalue weighted by Crippen LogP contribution is 2.27. The molecule has 2 aromatic heterocycles. The van der Waals surface area contributed by atoms with Gasteiger partial charge in [0, 0.05) is 25.3 Å².